The normalized spacial score (nSPS) is 10.4. The Labute approximate surface area is 121 Å². The Kier molecular flexibility index (Phi) is 4.30. The minimum Gasteiger partial charge on any atom is -0.481 e. The van der Waals surface area contributed by atoms with Gasteiger partial charge in [0.15, 0.2) is 4.34 Å². The van der Waals surface area contributed by atoms with Gasteiger partial charge in [-0.2, -0.15) is 0 Å². The lowest BCUT2D eigenvalue weighted by atomic mass is 10.3. The number of aromatic nitrogens is 2. The summed E-state index contributed by atoms with van der Waals surface area (Å²) < 4.78 is 0.577. The van der Waals surface area contributed by atoms with Crippen LogP contribution in [-0.4, -0.2) is 26.0 Å². The van der Waals surface area contributed by atoms with Crippen molar-refractivity contribution in [2.24, 2.45) is 0 Å². The number of hydrogen-bond donors (Lipinski definition) is 1. The van der Waals surface area contributed by atoms with Gasteiger partial charge in [-0.15, -0.1) is 11.3 Å². The highest BCUT2D eigenvalue weighted by Crippen LogP contribution is 2.37. The molecule has 104 valence electrons. The molecule has 9 heteroatoms. The molecule has 2 aromatic heterocycles. The van der Waals surface area contributed by atoms with E-state index in [0.717, 1.165) is 11.8 Å². The summed E-state index contributed by atoms with van der Waals surface area (Å²) in [5, 5.41) is 19.7. The summed E-state index contributed by atoms with van der Waals surface area (Å²) >= 11 is 2.37. The van der Waals surface area contributed by atoms with Crippen LogP contribution >= 0.6 is 23.1 Å². The number of nitrogens with zero attached hydrogens (tertiary/aromatic N) is 3. The van der Waals surface area contributed by atoms with Gasteiger partial charge in [-0.25, -0.2) is 4.98 Å². The average molecular weight is 311 g/mol. The maximum absolute atomic E-state index is 10.9. The molecule has 0 aliphatic rings. The van der Waals surface area contributed by atoms with Crippen molar-refractivity contribution in [1.82, 2.24) is 9.97 Å². The van der Waals surface area contributed by atoms with Gasteiger partial charge in [0.25, 0.3) is 0 Å². The number of nitro groups is 1. The molecule has 0 aliphatic carbocycles. The van der Waals surface area contributed by atoms with Crippen molar-refractivity contribution in [2.45, 2.75) is 22.6 Å². The summed E-state index contributed by atoms with van der Waals surface area (Å²) in [4.78, 5) is 30.1. The molecule has 1 N–H and O–H groups in total. The summed E-state index contributed by atoms with van der Waals surface area (Å²) in [7, 11) is 0. The van der Waals surface area contributed by atoms with Gasteiger partial charge in [0.1, 0.15) is 6.20 Å². The van der Waals surface area contributed by atoms with E-state index in [1.165, 1.54) is 29.8 Å². The zero-order valence-corrected chi connectivity index (χ0v) is 11.9. The van der Waals surface area contributed by atoms with Crippen LogP contribution in [0.3, 0.4) is 0 Å². The van der Waals surface area contributed by atoms with E-state index in [0.29, 0.717) is 19.8 Å². The standard InChI is InChI=1S/C11H9N3O4S2/c1-6-9(4-10(15)16)20-11(13-6)19-8-2-3-12-5-7(8)14(17)18/h2-3,5H,4H2,1H3,(H,15,16). The molecule has 0 spiro atoms. The highest BCUT2D eigenvalue weighted by atomic mass is 32.2. The second kappa shape index (κ2) is 5.97. The second-order valence-corrected chi connectivity index (χ2v) is 6.13. The maximum atomic E-state index is 10.9. The van der Waals surface area contributed by atoms with Crippen LogP contribution in [0.1, 0.15) is 10.6 Å². The molecular formula is C11H9N3O4S2. The van der Waals surface area contributed by atoms with Crippen molar-refractivity contribution in [2.75, 3.05) is 0 Å². The molecule has 2 rings (SSSR count). The number of carboxylic acids is 1. The van der Waals surface area contributed by atoms with Gasteiger partial charge in [-0.3, -0.25) is 19.9 Å². The van der Waals surface area contributed by atoms with Crippen LogP contribution in [0.25, 0.3) is 0 Å². The minimum atomic E-state index is -0.928. The van der Waals surface area contributed by atoms with Crippen molar-refractivity contribution >= 4 is 34.8 Å². The second-order valence-electron chi connectivity index (χ2n) is 3.76. The minimum absolute atomic E-state index is 0.0925. The Bertz CT molecular complexity index is 671. The van der Waals surface area contributed by atoms with Crippen molar-refractivity contribution in [3.63, 3.8) is 0 Å². The van der Waals surface area contributed by atoms with Gasteiger partial charge in [0.05, 0.1) is 21.9 Å². The Balaban J connectivity index is 2.27. The first kappa shape index (κ1) is 14.4. The lowest BCUT2D eigenvalue weighted by Gasteiger charge is -1.98. The zero-order chi connectivity index (χ0) is 14.7. The lowest BCUT2D eigenvalue weighted by Crippen LogP contribution is -1.99. The lowest BCUT2D eigenvalue weighted by molar-refractivity contribution is -0.388. The molecule has 7 nitrogen and oxygen atoms in total. The number of rotatable bonds is 5. The number of carboxylic acid groups (broad SMARTS) is 1. The summed E-state index contributed by atoms with van der Waals surface area (Å²) in [6, 6.07) is 1.54. The first-order valence-electron chi connectivity index (χ1n) is 5.41. The fourth-order valence-electron chi connectivity index (χ4n) is 1.44. The van der Waals surface area contributed by atoms with Crippen molar-refractivity contribution < 1.29 is 14.8 Å². The first-order valence-corrected chi connectivity index (χ1v) is 7.05. The molecule has 0 atom stereocenters. The summed E-state index contributed by atoms with van der Waals surface area (Å²) in [6.07, 6.45) is 2.55. The largest absolute Gasteiger partial charge is 0.481 e. The molecule has 0 aromatic carbocycles. The summed E-state index contributed by atoms with van der Waals surface area (Å²) in [6.45, 7) is 1.72. The smallest absolute Gasteiger partial charge is 0.308 e. The van der Waals surface area contributed by atoms with Crippen LogP contribution in [0, 0.1) is 17.0 Å². The number of thiazole rings is 1. The van der Waals surface area contributed by atoms with E-state index in [-0.39, 0.29) is 12.1 Å². The molecule has 0 radical (unpaired) electrons. The van der Waals surface area contributed by atoms with Gasteiger partial charge in [0.2, 0.25) is 0 Å². The van der Waals surface area contributed by atoms with E-state index in [1.807, 2.05) is 0 Å². The van der Waals surface area contributed by atoms with Crippen molar-refractivity contribution in [3.8, 4) is 0 Å². The van der Waals surface area contributed by atoms with Crippen LogP contribution < -0.4 is 0 Å². The molecular weight excluding hydrogens is 302 g/mol. The Morgan fingerprint density at radius 2 is 2.35 bits per heavy atom. The fourth-order valence-corrected chi connectivity index (χ4v) is 3.69. The molecule has 0 unspecified atom stereocenters. The SMILES string of the molecule is Cc1nc(Sc2ccncc2[N+](=O)[O-])sc1CC(=O)O. The molecule has 0 bridgehead atoms. The van der Waals surface area contributed by atoms with Crippen LogP contribution in [0.4, 0.5) is 5.69 Å². The molecule has 2 heterocycles. The Morgan fingerprint density at radius 3 is 3.00 bits per heavy atom. The first-order chi connectivity index (χ1) is 9.47. The van der Waals surface area contributed by atoms with Crippen LogP contribution in [-0.2, 0) is 11.2 Å². The summed E-state index contributed by atoms with van der Waals surface area (Å²) in [5.74, 6) is -0.928. The van der Waals surface area contributed by atoms with Crippen LogP contribution in [0.5, 0.6) is 0 Å². The topological polar surface area (TPSA) is 106 Å². The number of aliphatic carboxylic acids is 1. The number of pyridine rings is 1. The van der Waals surface area contributed by atoms with Gasteiger partial charge in [-0.05, 0) is 13.0 Å². The quantitative estimate of drug-likeness (QED) is 0.668. The summed E-state index contributed by atoms with van der Waals surface area (Å²) in [5.41, 5.74) is 0.543. The highest BCUT2D eigenvalue weighted by molar-refractivity contribution is 8.01. The predicted molar refractivity (Wildman–Crippen MR) is 73.2 cm³/mol. The van der Waals surface area contributed by atoms with Gasteiger partial charge in [0, 0.05) is 11.1 Å². The monoisotopic (exact) mass is 311 g/mol. The third-order valence-electron chi connectivity index (χ3n) is 2.34. The van der Waals surface area contributed by atoms with E-state index in [2.05, 4.69) is 9.97 Å². The maximum Gasteiger partial charge on any atom is 0.308 e. The molecule has 20 heavy (non-hydrogen) atoms. The zero-order valence-electron chi connectivity index (χ0n) is 10.3. The molecule has 0 aliphatic heterocycles. The van der Waals surface area contributed by atoms with Crippen LogP contribution in [0.15, 0.2) is 27.7 Å². The van der Waals surface area contributed by atoms with E-state index in [1.54, 1.807) is 6.92 Å². The van der Waals surface area contributed by atoms with Crippen LogP contribution in [0.2, 0.25) is 0 Å². The van der Waals surface area contributed by atoms with E-state index < -0.39 is 10.9 Å². The Morgan fingerprint density at radius 1 is 1.60 bits per heavy atom. The molecule has 0 saturated heterocycles. The predicted octanol–water partition coefficient (Wildman–Crippen LogP) is 2.53. The van der Waals surface area contributed by atoms with E-state index >= 15 is 0 Å². The third-order valence-corrected chi connectivity index (χ3v) is 4.62. The molecule has 2 aromatic rings. The van der Waals surface area contributed by atoms with Crippen molar-refractivity contribution in [1.29, 1.82) is 0 Å². The fraction of sp³-hybridized carbons (Fsp3) is 0.182. The highest BCUT2D eigenvalue weighted by Gasteiger charge is 2.18. The van der Waals surface area contributed by atoms with Gasteiger partial charge >= 0.3 is 11.7 Å². The molecule has 0 amide bonds. The number of aryl methyl sites for hydroxylation is 1. The average Bonchev–Trinajstić information content (AvgIpc) is 2.69. The third kappa shape index (κ3) is 3.31. The van der Waals surface area contributed by atoms with E-state index in [4.69, 9.17) is 5.11 Å². The number of hydrogen-bond acceptors (Lipinski definition) is 7. The molecule has 0 saturated carbocycles. The van der Waals surface area contributed by atoms with Crippen molar-refractivity contribution in [3.05, 3.63) is 39.1 Å². The van der Waals surface area contributed by atoms with E-state index in [9.17, 15) is 14.9 Å². The van der Waals surface area contributed by atoms with Gasteiger partial charge in [-0.1, -0.05) is 11.8 Å². The number of carbonyl (C=O) groups is 1. The van der Waals surface area contributed by atoms with Gasteiger partial charge < -0.3 is 5.11 Å². The Hall–Kier alpha value is -2.00. The molecule has 0 fully saturated rings.